The molecule has 0 saturated heterocycles. The van der Waals surface area contributed by atoms with Crippen LogP contribution >= 0.6 is 0 Å². The summed E-state index contributed by atoms with van der Waals surface area (Å²) in [5.74, 6) is -0.00131. The number of hydrogen-bond acceptors (Lipinski definition) is 2. The Morgan fingerprint density at radius 2 is 1.81 bits per heavy atom. The molecule has 2 heterocycles. The standard InChI is InChI=1S/C23H26FNO2/c1-5-13-23(4)20-19-17(7-6-8-18(19)26)25(16-11-9-15(24)10-12-16)21(20)22(2,3)14-27-23/h6-12,26H,5,13-14H2,1-4H3. The van der Waals surface area contributed by atoms with Gasteiger partial charge in [-0.05, 0) is 49.7 Å². The Labute approximate surface area is 159 Å². The predicted molar refractivity (Wildman–Crippen MR) is 106 cm³/mol. The van der Waals surface area contributed by atoms with E-state index in [9.17, 15) is 9.50 Å². The van der Waals surface area contributed by atoms with Crippen LogP contribution in [0.3, 0.4) is 0 Å². The van der Waals surface area contributed by atoms with Gasteiger partial charge in [0.15, 0.2) is 0 Å². The minimum atomic E-state index is -0.470. The molecule has 0 spiro atoms. The van der Waals surface area contributed by atoms with Crippen molar-refractivity contribution in [1.82, 2.24) is 4.57 Å². The highest BCUT2D eigenvalue weighted by molar-refractivity contribution is 5.94. The molecular formula is C23H26FNO2. The van der Waals surface area contributed by atoms with Gasteiger partial charge in [-0.3, -0.25) is 0 Å². The van der Waals surface area contributed by atoms with Crippen molar-refractivity contribution in [3.8, 4) is 11.4 Å². The molecule has 0 amide bonds. The number of ether oxygens (including phenoxy) is 1. The van der Waals surface area contributed by atoms with Gasteiger partial charge in [-0.15, -0.1) is 0 Å². The van der Waals surface area contributed by atoms with Crippen molar-refractivity contribution in [2.45, 2.75) is 51.6 Å². The molecule has 1 unspecified atom stereocenters. The number of fused-ring (bicyclic) bond motifs is 3. The third-order valence-corrected chi connectivity index (χ3v) is 5.71. The van der Waals surface area contributed by atoms with Gasteiger partial charge in [-0.1, -0.05) is 33.3 Å². The third kappa shape index (κ3) is 2.66. The lowest BCUT2D eigenvalue weighted by atomic mass is 9.77. The molecule has 0 radical (unpaired) electrons. The summed E-state index contributed by atoms with van der Waals surface area (Å²) in [6, 6.07) is 12.1. The Kier molecular flexibility index (Phi) is 4.08. The van der Waals surface area contributed by atoms with E-state index < -0.39 is 5.60 Å². The maximum atomic E-state index is 13.6. The lowest BCUT2D eigenvalue weighted by Gasteiger charge is -2.42. The van der Waals surface area contributed by atoms with Gasteiger partial charge >= 0.3 is 0 Å². The topological polar surface area (TPSA) is 34.4 Å². The number of phenolic OH excluding ortho intramolecular Hbond substituents is 1. The fourth-order valence-electron chi connectivity index (χ4n) is 4.49. The number of halogens is 1. The summed E-state index contributed by atoms with van der Waals surface area (Å²) >= 11 is 0. The second-order valence-electron chi connectivity index (χ2n) is 8.36. The van der Waals surface area contributed by atoms with Crippen LogP contribution in [0.2, 0.25) is 0 Å². The monoisotopic (exact) mass is 367 g/mol. The average molecular weight is 367 g/mol. The quantitative estimate of drug-likeness (QED) is 0.635. The maximum Gasteiger partial charge on any atom is 0.125 e. The van der Waals surface area contributed by atoms with Gasteiger partial charge in [0.1, 0.15) is 11.6 Å². The van der Waals surface area contributed by atoms with E-state index in [0.29, 0.717) is 6.61 Å². The first-order chi connectivity index (χ1) is 12.8. The van der Waals surface area contributed by atoms with E-state index in [0.717, 1.165) is 40.7 Å². The SMILES string of the molecule is CCCC1(C)OCC(C)(C)c2c1c1c(O)cccc1n2-c1ccc(F)cc1. The maximum absolute atomic E-state index is 13.6. The van der Waals surface area contributed by atoms with Crippen LogP contribution in [0.4, 0.5) is 4.39 Å². The summed E-state index contributed by atoms with van der Waals surface area (Å²) < 4.78 is 22.1. The Morgan fingerprint density at radius 1 is 1.11 bits per heavy atom. The zero-order valence-corrected chi connectivity index (χ0v) is 16.3. The third-order valence-electron chi connectivity index (χ3n) is 5.71. The van der Waals surface area contributed by atoms with Crippen LogP contribution in [-0.4, -0.2) is 16.3 Å². The van der Waals surface area contributed by atoms with E-state index in [1.165, 1.54) is 12.1 Å². The number of aromatic nitrogens is 1. The van der Waals surface area contributed by atoms with Crippen molar-refractivity contribution in [2.24, 2.45) is 0 Å². The van der Waals surface area contributed by atoms with Crippen molar-refractivity contribution >= 4 is 10.9 Å². The molecule has 2 aromatic carbocycles. The molecule has 1 aromatic heterocycles. The van der Waals surface area contributed by atoms with Crippen LogP contribution in [0.1, 0.15) is 51.8 Å². The van der Waals surface area contributed by atoms with E-state index in [2.05, 4.69) is 32.3 Å². The lowest BCUT2D eigenvalue weighted by molar-refractivity contribution is -0.0774. The first-order valence-electron chi connectivity index (χ1n) is 9.56. The average Bonchev–Trinajstić information content (AvgIpc) is 2.99. The molecule has 142 valence electrons. The summed E-state index contributed by atoms with van der Waals surface area (Å²) in [6.45, 7) is 9.17. The second kappa shape index (κ2) is 6.10. The molecule has 3 nitrogen and oxygen atoms in total. The fourth-order valence-corrected chi connectivity index (χ4v) is 4.49. The molecule has 3 aromatic rings. The zero-order valence-electron chi connectivity index (χ0n) is 16.3. The molecule has 1 atom stereocenters. The first kappa shape index (κ1) is 18.1. The molecule has 0 fully saturated rings. The van der Waals surface area contributed by atoms with E-state index in [1.807, 2.05) is 12.1 Å². The summed E-state index contributed by atoms with van der Waals surface area (Å²) in [4.78, 5) is 0. The highest BCUT2D eigenvalue weighted by atomic mass is 19.1. The van der Waals surface area contributed by atoms with Gasteiger partial charge in [-0.2, -0.15) is 0 Å². The van der Waals surface area contributed by atoms with Crippen LogP contribution in [0.15, 0.2) is 42.5 Å². The predicted octanol–water partition coefficient (Wildman–Crippen LogP) is 5.80. The molecule has 1 N–H and O–H groups in total. The fraction of sp³-hybridized carbons (Fsp3) is 0.391. The normalized spacial score (nSPS) is 21.4. The lowest BCUT2D eigenvalue weighted by Crippen LogP contribution is -2.42. The Bertz CT molecular complexity index is 1000. The highest BCUT2D eigenvalue weighted by Gasteiger charge is 2.45. The van der Waals surface area contributed by atoms with E-state index in [1.54, 1.807) is 18.2 Å². The molecule has 0 bridgehead atoms. The number of benzene rings is 2. The van der Waals surface area contributed by atoms with E-state index >= 15 is 0 Å². The largest absolute Gasteiger partial charge is 0.507 e. The summed E-state index contributed by atoms with van der Waals surface area (Å²) in [7, 11) is 0. The van der Waals surface area contributed by atoms with Crippen molar-refractivity contribution < 1.29 is 14.2 Å². The summed E-state index contributed by atoms with van der Waals surface area (Å²) in [6.07, 6.45) is 1.85. The number of aromatic hydroxyl groups is 1. The van der Waals surface area contributed by atoms with Crippen LogP contribution in [-0.2, 0) is 15.8 Å². The first-order valence-corrected chi connectivity index (χ1v) is 9.56. The smallest absolute Gasteiger partial charge is 0.125 e. The van der Waals surface area contributed by atoms with Crippen molar-refractivity contribution in [3.05, 3.63) is 59.5 Å². The second-order valence-corrected chi connectivity index (χ2v) is 8.36. The molecule has 27 heavy (non-hydrogen) atoms. The zero-order chi connectivity index (χ0) is 19.4. The van der Waals surface area contributed by atoms with Gasteiger partial charge in [0.25, 0.3) is 0 Å². The van der Waals surface area contributed by atoms with Crippen molar-refractivity contribution in [3.63, 3.8) is 0 Å². The number of phenols is 1. The molecule has 0 saturated carbocycles. The Morgan fingerprint density at radius 3 is 2.48 bits per heavy atom. The van der Waals surface area contributed by atoms with Crippen LogP contribution in [0.5, 0.6) is 5.75 Å². The highest BCUT2D eigenvalue weighted by Crippen LogP contribution is 2.51. The van der Waals surface area contributed by atoms with Gasteiger partial charge in [0.05, 0.1) is 17.7 Å². The number of nitrogens with zero attached hydrogens (tertiary/aromatic N) is 1. The minimum Gasteiger partial charge on any atom is -0.507 e. The van der Waals surface area contributed by atoms with Crippen molar-refractivity contribution in [2.75, 3.05) is 6.61 Å². The Balaban J connectivity index is 2.17. The molecule has 1 aliphatic heterocycles. The molecule has 1 aliphatic rings. The van der Waals surface area contributed by atoms with Crippen molar-refractivity contribution in [1.29, 1.82) is 0 Å². The Hall–Kier alpha value is -2.33. The van der Waals surface area contributed by atoms with Gasteiger partial charge in [0, 0.05) is 27.7 Å². The van der Waals surface area contributed by atoms with Crippen LogP contribution in [0.25, 0.3) is 16.6 Å². The van der Waals surface area contributed by atoms with E-state index in [-0.39, 0.29) is 17.0 Å². The summed E-state index contributed by atoms with van der Waals surface area (Å²) in [5, 5.41) is 11.6. The van der Waals surface area contributed by atoms with E-state index in [4.69, 9.17) is 4.74 Å². The van der Waals surface area contributed by atoms with Gasteiger partial charge in [-0.25, -0.2) is 4.39 Å². The summed E-state index contributed by atoms with van der Waals surface area (Å²) in [5.41, 5.74) is 3.28. The number of hydrogen-bond donors (Lipinski definition) is 1. The molecule has 4 heteroatoms. The van der Waals surface area contributed by atoms with Crippen LogP contribution in [0, 0.1) is 5.82 Å². The van der Waals surface area contributed by atoms with Crippen LogP contribution < -0.4 is 0 Å². The minimum absolute atomic E-state index is 0.248. The van der Waals surface area contributed by atoms with Gasteiger partial charge < -0.3 is 14.4 Å². The molecule has 0 aliphatic carbocycles. The molecular weight excluding hydrogens is 341 g/mol. The van der Waals surface area contributed by atoms with Gasteiger partial charge in [0.2, 0.25) is 0 Å². The molecule has 4 rings (SSSR count). The number of rotatable bonds is 3.